The Kier molecular flexibility index (Phi) is 5.56. The first-order chi connectivity index (χ1) is 15.2. The van der Waals surface area contributed by atoms with Crippen LogP contribution in [-0.4, -0.2) is 33.5 Å². The molecule has 0 radical (unpaired) electrons. The summed E-state index contributed by atoms with van der Waals surface area (Å²) in [5.74, 6) is 0.835. The van der Waals surface area contributed by atoms with Crippen LogP contribution in [0.4, 0.5) is 0 Å². The van der Waals surface area contributed by atoms with Crippen molar-refractivity contribution < 1.29 is 0 Å². The van der Waals surface area contributed by atoms with Gasteiger partial charge in [0.15, 0.2) is 0 Å². The van der Waals surface area contributed by atoms with Crippen molar-refractivity contribution in [1.82, 2.24) is 19.4 Å². The largest absolute Gasteiger partial charge is 0.304 e. The molecule has 1 aliphatic rings. The van der Waals surface area contributed by atoms with Gasteiger partial charge in [0, 0.05) is 29.0 Å². The van der Waals surface area contributed by atoms with Crippen molar-refractivity contribution in [2.75, 3.05) is 14.1 Å². The van der Waals surface area contributed by atoms with E-state index in [0.717, 1.165) is 38.2 Å². The van der Waals surface area contributed by atoms with E-state index in [2.05, 4.69) is 84.2 Å². The van der Waals surface area contributed by atoms with E-state index in [9.17, 15) is 0 Å². The summed E-state index contributed by atoms with van der Waals surface area (Å²) in [7, 11) is 4.22. The fraction of sp³-hybridized carbons (Fsp3) is 0.333. The van der Waals surface area contributed by atoms with Crippen LogP contribution in [0.5, 0.6) is 0 Å². The molecule has 0 amide bonds. The number of aromatic nitrogens is 3. The smallest absolute Gasteiger partial charge is 0.234 e. The number of fused-ring (bicyclic) bond motifs is 2. The minimum Gasteiger partial charge on any atom is -0.304 e. The van der Waals surface area contributed by atoms with Crippen LogP contribution in [0.1, 0.15) is 41.1 Å². The van der Waals surface area contributed by atoms with Gasteiger partial charge < -0.3 is 4.90 Å². The van der Waals surface area contributed by atoms with Crippen LogP contribution in [0.25, 0.3) is 16.9 Å². The highest BCUT2D eigenvalue weighted by atomic mass is 15.2. The molecule has 4 heteroatoms. The molecule has 4 aromatic rings. The second-order valence-electron chi connectivity index (χ2n) is 8.86. The minimum absolute atomic E-state index is 0.835. The molecule has 31 heavy (non-hydrogen) atoms. The van der Waals surface area contributed by atoms with Gasteiger partial charge in [-0.3, -0.25) is 4.57 Å². The molecule has 0 bridgehead atoms. The minimum atomic E-state index is 0.835. The molecule has 158 valence electrons. The van der Waals surface area contributed by atoms with E-state index >= 15 is 0 Å². The molecule has 0 spiro atoms. The van der Waals surface area contributed by atoms with Crippen molar-refractivity contribution in [3.63, 3.8) is 0 Å². The normalized spacial score (nSPS) is 13.6. The van der Waals surface area contributed by atoms with Crippen molar-refractivity contribution in [3.8, 4) is 5.95 Å². The maximum absolute atomic E-state index is 5.19. The molecule has 0 saturated carbocycles. The van der Waals surface area contributed by atoms with Gasteiger partial charge in [-0.15, -0.1) is 0 Å². The van der Waals surface area contributed by atoms with Gasteiger partial charge in [-0.2, -0.15) is 0 Å². The van der Waals surface area contributed by atoms with E-state index in [4.69, 9.17) is 9.97 Å². The predicted octanol–water partition coefficient (Wildman–Crippen LogP) is 5.15. The van der Waals surface area contributed by atoms with Crippen LogP contribution < -0.4 is 0 Å². The molecule has 0 aliphatic heterocycles. The number of nitrogens with zero attached hydrogens (tertiary/aromatic N) is 4. The van der Waals surface area contributed by atoms with Crippen molar-refractivity contribution in [1.29, 1.82) is 0 Å². The second-order valence-corrected chi connectivity index (χ2v) is 8.86. The van der Waals surface area contributed by atoms with Crippen LogP contribution in [0.15, 0.2) is 60.7 Å². The maximum Gasteiger partial charge on any atom is 0.234 e. The van der Waals surface area contributed by atoms with Gasteiger partial charge in [-0.05, 0) is 75.9 Å². The van der Waals surface area contributed by atoms with Crippen molar-refractivity contribution in [3.05, 3.63) is 88.9 Å². The van der Waals surface area contributed by atoms with Gasteiger partial charge in [0.05, 0.1) is 5.52 Å². The number of rotatable bonds is 6. The standard InChI is InChI=1S/C27H30N4/c1-30(2)19-22-18-21-12-6-9-15-26(21)31(22)27-28-24-14-8-7-13-23(24)25(29-27)17-16-20-10-4-3-5-11-20/h3-6,9-12,15,18H,7-8,13-14,16-17,19H2,1-2H3. The van der Waals surface area contributed by atoms with Gasteiger partial charge in [0.2, 0.25) is 5.95 Å². The molecule has 2 aromatic heterocycles. The number of aryl methyl sites for hydroxylation is 3. The fourth-order valence-corrected chi connectivity index (χ4v) is 4.76. The Hall–Kier alpha value is -2.98. The van der Waals surface area contributed by atoms with Gasteiger partial charge in [-0.1, -0.05) is 48.5 Å². The van der Waals surface area contributed by atoms with E-state index in [1.807, 2.05) is 0 Å². The Morgan fingerprint density at radius 3 is 2.48 bits per heavy atom. The fourth-order valence-electron chi connectivity index (χ4n) is 4.76. The van der Waals surface area contributed by atoms with Crippen LogP contribution in [0.2, 0.25) is 0 Å². The summed E-state index contributed by atoms with van der Waals surface area (Å²) in [6.45, 7) is 0.856. The Morgan fingerprint density at radius 2 is 1.65 bits per heavy atom. The van der Waals surface area contributed by atoms with Gasteiger partial charge >= 0.3 is 0 Å². The summed E-state index contributed by atoms with van der Waals surface area (Å²) in [6, 6.07) is 21.6. The number of para-hydroxylation sites is 1. The lowest BCUT2D eigenvalue weighted by Crippen LogP contribution is -2.18. The molecule has 0 saturated heterocycles. The Morgan fingerprint density at radius 1 is 0.871 bits per heavy atom. The second kappa shape index (κ2) is 8.64. The van der Waals surface area contributed by atoms with Crippen molar-refractivity contribution in [2.45, 2.75) is 45.1 Å². The first-order valence-corrected chi connectivity index (χ1v) is 11.4. The highest BCUT2D eigenvalue weighted by Gasteiger charge is 2.21. The monoisotopic (exact) mass is 410 g/mol. The quantitative estimate of drug-likeness (QED) is 0.441. The maximum atomic E-state index is 5.19. The van der Waals surface area contributed by atoms with Gasteiger partial charge in [0.25, 0.3) is 0 Å². The summed E-state index contributed by atoms with van der Waals surface area (Å²) in [4.78, 5) is 12.5. The molecule has 0 atom stereocenters. The highest BCUT2D eigenvalue weighted by Crippen LogP contribution is 2.28. The van der Waals surface area contributed by atoms with E-state index < -0.39 is 0 Å². The van der Waals surface area contributed by atoms with Gasteiger partial charge in [-0.25, -0.2) is 9.97 Å². The Balaban J connectivity index is 1.61. The average molecular weight is 411 g/mol. The summed E-state index contributed by atoms with van der Waals surface area (Å²) in [5.41, 5.74) is 7.67. The third-order valence-electron chi connectivity index (χ3n) is 6.22. The number of hydrogen-bond acceptors (Lipinski definition) is 3. The first kappa shape index (κ1) is 20.0. The van der Waals surface area contributed by atoms with Crippen LogP contribution in [-0.2, 0) is 32.2 Å². The van der Waals surface area contributed by atoms with Gasteiger partial charge in [0.1, 0.15) is 0 Å². The molecule has 0 fully saturated rings. The third kappa shape index (κ3) is 4.13. The zero-order valence-electron chi connectivity index (χ0n) is 18.5. The average Bonchev–Trinajstić information content (AvgIpc) is 3.15. The predicted molar refractivity (Wildman–Crippen MR) is 127 cm³/mol. The molecular formula is C27H30N4. The zero-order valence-corrected chi connectivity index (χ0v) is 18.5. The summed E-state index contributed by atoms with van der Waals surface area (Å²) >= 11 is 0. The van der Waals surface area contributed by atoms with Crippen LogP contribution >= 0.6 is 0 Å². The molecule has 4 nitrogen and oxygen atoms in total. The molecule has 1 aliphatic carbocycles. The molecule has 2 heterocycles. The molecule has 0 unspecified atom stereocenters. The van der Waals surface area contributed by atoms with Crippen LogP contribution in [0.3, 0.4) is 0 Å². The number of benzene rings is 2. The van der Waals surface area contributed by atoms with E-state index in [0.29, 0.717) is 0 Å². The number of hydrogen-bond donors (Lipinski definition) is 0. The lowest BCUT2D eigenvalue weighted by molar-refractivity contribution is 0.394. The molecule has 2 aromatic carbocycles. The summed E-state index contributed by atoms with van der Waals surface area (Å²) < 4.78 is 2.27. The van der Waals surface area contributed by atoms with E-state index in [1.54, 1.807) is 0 Å². The highest BCUT2D eigenvalue weighted by molar-refractivity contribution is 5.82. The summed E-state index contributed by atoms with van der Waals surface area (Å²) in [5, 5.41) is 1.24. The Labute approximate surface area is 184 Å². The van der Waals surface area contributed by atoms with Crippen LogP contribution in [0, 0.1) is 0 Å². The third-order valence-corrected chi connectivity index (χ3v) is 6.22. The van der Waals surface area contributed by atoms with E-state index in [1.165, 1.54) is 52.0 Å². The topological polar surface area (TPSA) is 34.0 Å². The van der Waals surface area contributed by atoms with Crippen molar-refractivity contribution in [2.24, 2.45) is 0 Å². The molecular weight excluding hydrogens is 380 g/mol. The van der Waals surface area contributed by atoms with Crippen molar-refractivity contribution >= 4 is 10.9 Å². The lowest BCUT2D eigenvalue weighted by Gasteiger charge is -2.21. The zero-order chi connectivity index (χ0) is 21.2. The summed E-state index contributed by atoms with van der Waals surface area (Å²) in [6.07, 6.45) is 6.61. The SMILES string of the molecule is CN(C)Cc1cc2ccccc2n1-c1nc2c(c(CCc3ccccc3)n1)CCCC2. The lowest BCUT2D eigenvalue weighted by atomic mass is 9.92. The molecule has 5 rings (SSSR count). The first-order valence-electron chi connectivity index (χ1n) is 11.4. The Bertz CT molecular complexity index is 1190. The molecule has 0 N–H and O–H groups in total. The van der Waals surface area contributed by atoms with E-state index in [-0.39, 0.29) is 0 Å².